The lowest BCUT2D eigenvalue weighted by Gasteiger charge is -2.20. The Morgan fingerprint density at radius 3 is 2.67 bits per heavy atom. The summed E-state index contributed by atoms with van der Waals surface area (Å²) >= 11 is 0. The van der Waals surface area contributed by atoms with Gasteiger partial charge in [0, 0.05) is 43.6 Å². The zero-order valence-electron chi connectivity index (χ0n) is 13.2. The van der Waals surface area contributed by atoms with Gasteiger partial charge < -0.3 is 10.2 Å². The summed E-state index contributed by atoms with van der Waals surface area (Å²) in [7, 11) is 0. The van der Waals surface area contributed by atoms with E-state index in [-0.39, 0.29) is 0 Å². The predicted molar refractivity (Wildman–Crippen MR) is 86.4 cm³/mol. The molecule has 1 aliphatic heterocycles. The lowest BCUT2D eigenvalue weighted by Crippen LogP contribution is -2.26. The molecule has 1 unspecified atom stereocenters. The van der Waals surface area contributed by atoms with Crippen molar-refractivity contribution in [3.63, 3.8) is 0 Å². The second kappa shape index (κ2) is 7.21. The van der Waals surface area contributed by atoms with E-state index < -0.39 is 0 Å². The summed E-state index contributed by atoms with van der Waals surface area (Å²) in [5, 5.41) is 3.51. The van der Waals surface area contributed by atoms with Crippen molar-refractivity contribution in [2.24, 2.45) is 5.92 Å². The van der Waals surface area contributed by atoms with E-state index in [0.717, 1.165) is 37.5 Å². The summed E-state index contributed by atoms with van der Waals surface area (Å²) in [4.78, 5) is 11.5. The molecule has 2 aliphatic rings. The molecule has 0 radical (unpaired) electrons. The van der Waals surface area contributed by atoms with E-state index in [1.807, 2.05) is 12.4 Å². The van der Waals surface area contributed by atoms with Crippen LogP contribution < -0.4 is 10.2 Å². The standard InChI is InChI=1S/C17H28N4/c1-2-4-14-5-3-9-21(10-8-14)17-19-12-15(13-20-17)11-18-16-6-7-16/h12-14,16,18H,2-11H2,1H3. The van der Waals surface area contributed by atoms with Crippen LogP contribution in [0.5, 0.6) is 0 Å². The van der Waals surface area contributed by atoms with Crippen LogP contribution in [0.2, 0.25) is 0 Å². The number of rotatable bonds is 6. The van der Waals surface area contributed by atoms with Gasteiger partial charge in [-0.05, 0) is 38.0 Å². The van der Waals surface area contributed by atoms with Gasteiger partial charge in [0.15, 0.2) is 0 Å². The first-order valence-corrected chi connectivity index (χ1v) is 8.64. The Morgan fingerprint density at radius 1 is 1.14 bits per heavy atom. The molecular formula is C17H28N4. The number of hydrogen-bond acceptors (Lipinski definition) is 4. The third-order valence-electron chi connectivity index (χ3n) is 4.69. The highest BCUT2D eigenvalue weighted by Gasteiger charge is 2.20. The molecular weight excluding hydrogens is 260 g/mol. The Labute approximate surface area is 128 Å². The van der Waals surface area contributed by atoms with E-state index in [0.29, 0.717) is 0 Å². The molecule has 0 spiro atoms. The summed E-state index contributed by atoms with van der Waals surface area (Å²) in [6.45, 7) is 5.42. The molecule has 21 heavy (non-hydrogen) atoms. The summed E-state index contributed by atoms with van der Waals surface area (Å²) in [5.41, 5.74) is 1.20. The Balaban J connectivity index is 1.53. The molecule has 1 atom stereocenters. The minimum Gasteiger partial charge on any atom is -0.341 e. The Hall–Kier alpha value is -1.16. The molecule has 2 heterocycles. The van der Waals surface area contributed by atoms with Crippen molar-refractivity contribution in [3.05, 3.63) is 18.0 Å². The summed E-state index contributed by atoms with van der Waals surface area (Å²) < 4.78 is 0. The van der Waals surface area contributed by atoms with E-state index >= 15 is 0 Å². The third-order valence-corrected chi connectivity index (χ3v) is 4.69. The van der Waals surface area contributed by atoms with Crippen LogP contribution in [0.1, 0.15) is 57.4 Å². The highest BCUT2D eigenvalue weighted by atomic mass is 15.2. The quantitative estimate of drug-likeness (QED) is 0.873. The van der Waals surface area contributed by atoms with Crippen molar-refractivity contribution in [3.8, 4) is 0 Å². The van der Waals surface area contributed by atoms with E-state index in [1.165, 1.54) is 50.5 Å². The molecule has 0 amide bonds. The van der Waals surface area contributed by atoms with Crippen LogP contribution in [0.15, 0.2) is 12.4 Å². The van der Waals surface area contributed by atoms with Crippen LogP contribution in [0, 0.1) is 5.92 Å². The average Bonchev–Trinajstić information content (AvgIpc) is 3.34. The lowest BCUT2D eigenvalue weighted by molar-refractivity contribution is 0.435. The van der Waals surface area contributed by atoms with Gasteiger partial charge in [0.05, 0.1) is 0 Å². The number of anilines is 1. The molecule has 116 valence electrons. The van der Waals surface area contributed by atoms with Gasteiger partial charge in [-0.15, -0.1) is 0 Å². The highest BCUT2D eigenvalue weighted by molar-refractivity contribution is 5.30. The first-order valence-electron chi connectivity index (χ1n) is 8.64. The first kappa shape index (κ1) is 14.8. The van der Waals surface area contributed by atoms with Crippen LogP contribution in [0.3, 0.4) is 0 Å². The van der Waals surface area contributed by atoms with Crippen molar-refractivity contribution in [1.82, 2.24) is 15.3 Å². The molecule has 1 N–H and O–H groups in total. The molecule has 0 aromatic carbocycles. The Morgan fingerprint density at radius 2 is 1.95 bits per heavy atom. The Kier molecular flexibility index (Phi) is 5.07. The minimum atomic E-state index is 0.741. The van der Waals surface area contributed by atoms with Crippen LogP contribution in [0.4, 0.5) is 5.95 Å². The number of aromatic nitrogens is 2. The summed E-state index contributed by atoms with van der Waals surface area (Å²) in [5.74, 6) is 1.82. The molecule has 4 nitrogen and oxygen atoms in total. The van der Waals surface area contributed by atoms with Gasteiger partial charge in [-0.2, -0.15) is 0 Å². The van der Waals surface area contributed by atoms with Gasteiger partial charge in [0.1, 0.15) is 0 Å². The monoisotopic (exact) mass is 288 g/mol. The third kappa shape index (κ3) is 4.40. The predicted octanol–water partition coefficient (Wildman–Crippen LogP) is 3.14. The lowest BCUT2D eigenvalue weighted by atomic mass is 9.96. The van der Waals surface area contributed by atoms with Crippen molar-refractivity contribution in [1.29, 1.82) is 0 Å². The van der Waals surface area contributed by atoms with Gasteiger partial charge in [0.25, 0.3) is 0 Å². The molecule has 3 rings (SSSR count). The van der Waals surface area contributed by atoms with Gasteiger partial charge in [0.2, 0.25) is 5.95 Å². The molecule has 2 fully saturated rings. The summed E-state index contributed by atoms with van der Waals surface area (Å²) in [6.07, 6.45) is 13.3. The minimum absolute atomic E-state index is 0.741. The normalized spacial score (nSPS) is 23.1. The highest BCUT2D eigenvalue weighted by Crippen LogP contribution is 2.24. The smallest absolute Gasteiger partial charge is 0.225 e. The molecule has 1 aromatic rings. The van der Waals surface area contributed by atoms with Gasteiger partial charge in [-0.25, -0.2) is 9.97 Å². The van der Waals surface area contributed by atoms with Gasteiger partial charge >= 0.3 is 0 Å². The fourth-order valence-corrected chi connectivity index (χ4v) is 3.21. The van der Waals surface area contributed by atoms with Crippen LogP contribution in [-0.2, 0) is 6.54 Å². The fraction of sp³-hybridized carbons (Fsp3) is 0.765. The average molecular weight is 288 g/mol. The van der Waals surface area contributed by atoms with Crippen molar-refractivity contribution in [2.45, 2.75) is 64.5 Å². The van der Waals surface area contributed by atoms with E-state index in [2.05, 4.69) is 27.1 Å². The SMILES string of the molecule is CCCC1CCCN(c2ncc(CNC3CC3)cn2)CC1. The Bertz CT molecular complexity index is 427. The van der Waals surface area contributed by atoms with Crippen molar-refractivity contribution in [2.75, 3.05) is 18.0 Å². The maximum Gasteiger partial charge on any atom is 0.225 e. The molecule has 4 heteroatoms. The number of nitrogens with one attached hydrogen (secondary N) is 1. The number of nitrogens with zero attached hydrogens (tertiary/aromatic N) is 3. The topological polar surface area (TPSA) is 41.1 Å². The first-order chi connectivity index (χ1) is 10.3. The van der Waals surface area contributed by atoms with E-state index in [1.54, 1.807) is 0 Å². The second-order valence-corrected chi connectivity index (χ2v) is 6.62. The fourth-order valence-electron chi connectivity index (χ4n) is 3.21. The van der Waals surface area contributed by atoms with Crippen molar-refractivity contribution < 1.29 is 0 Å². The zero-order chi connectivity index (χ0) is 14.5. The molecule has 1 saturated heterocycles. The zero-order valence-corrected chi connectivity index (χ0v) is 13.2. The van der Waals surface area contributed by atoms with Gasteiger partial charge in [-0.3, -0.25) is 0 Å². The maximum atomic E-state index is 4.59. The molecule has 1 saturated carbocycles. The second-order valence-electron chi connectivity index (χ2n) is 6.62. The largest absolute Gasteiger partial charge is 0.341 e. The van der Waals surface area contributed by atoms with Crippen LogP contribution >= 0.6 is 0 Å². The van der Waals surface area contributed by atoms with E-state index in [4.69, 9.17) is 0 Å². The molecule has 0 bridgehead atoms. The number of hydrogen-bond donors (Lipinski definition) is 1. The maximum absolute atomic E-state index is 4.59. The summed E-state index contributed by atoms with van der Waals surface area (Å²) in [6, 6.07) is 0.741. The van der Waals surface area contributed by atoms with Gasteiger partial charge in [-0.1, -0.05) is 19.8 Å². The van der Waals surface area contributed by atoms with Crippen LogP contribution in [-0.4, -0.2) is 29.1 Å². The van der Waals surface area contributed by atoms with Crippen molar-refractivity contribution >= 4 is 5.95 Å². The van der Waals surface area contributed by atoms with Crippen LogP contribution in [0.25, 0.3) is 0 Å². The molecule has 1 aliphatic carbocycles. The van der Waals surface area contributed by atoms with E-state index in [9.17, 15) is 0 Å². The molecule has 1 aromatic heterocycles.